The van der Waals surface area contributed by atoms with Gasteiger partial charge in [0.05, 0.1) is 24.4 Å². The van der Waals surface area contributed by atoms with Crippen molar-refractivity contribution in [2.75, 3.05) is 31.2 Å². The number of anilines is 1. The minimum Gasteiger partial charge on any atom is -0.378 e. The van der Waals surface area contributed by atoms with Gasteiger partial charge in [0.15, 0.2) is 0 Å². The maximum Gasteiger partial charge on any atom is 0.134 e. The molecule has 0 atom stereocenters. The number of ether oxygens (including phenoxy) is 1. The van der Waals surface area contributed by atoms with E-state index in [0.29, 0.717) is 40.5 Å². The molecule has 1 saturated heterocycles. The normalized spacial score (nSPS) is 14.9. The Labute approximate surface area is 149 Å². The number of fused-ring (bicyclic) bond motifs is 1. The van der Waals surface area contributed by atoms with Crippen molar-refractivity contribution in [3.05, 3.63) is 47.0 Å². The van der Waals surface area contributed by atoms with E-state index < -0.39 is 5.82 Å². The van der Waals surface area contributed by atoms with E-state index in [-0.39, 0.29) is 0 Å². The highest BCUT2D eigenvalue weighted by Crippen LogP contribution is 2.31. The topological polar surface area (TPSA) is 51.1 Å². The number of benzene rings is 1. The molecule has 1 aliphatic heterocycles. The van der Waals surface area contributed by atoms with Crippen LogP contribution in [0.3, 0.4) is 0 Å². The van der Waals surface area contributed by atoms with Crippen molar-refractivity contribution < 1.29 is 9.13 Å². The second-order valence-electron chi connectivity index (χ2n) is 5.93. The van der Waals surface area contributed by atoms with E-state index >= 15 is 0 Å². The number of aromatic nitrogens is 3. The van der Waals surface area contributed by atoms with E-state index in [1.165, 1.54) is 6.07 Å². The van der Waals surface area contributed by atoms with Crippen molar-refractivity contribution in [1.29, 1.82) is 0 Å². The first-order chi connectivity index (χ1) is 12.1. The van der Waals surface area contributed by atoms with Crippen LogP contribution in [-0.4, -0.2) is 41.3 Å². The number of rotatable bonds is 2. The Morgan fingerprint density at radius 1 is 1.16 bits per heavy atom. The van der Waals surface area contributed by atoms with Crippen LogP contribution in [0.2, 0.25) is 5.02 Å². The van der Waals surface area contributed by atoms with Gasteiger partial charge in [-0.25, -0.2) is 14.4 Å². The minimum absolute atomic E-state index is 0.345. The highest BCUT2D eigenvalue weighted by Gasteiger charge is 2.19. The molecule has 3 aromatic rings. The van der Waals surface area contributed by atoms with Gasteiger partial charge < -0.3 is 9.64 Å². The van der Waals surface area contributed by atoms with Gasteiger partial charge in [0, 0.05) is 35.9 Å². The van der Waals surface area contributed by atoms with Crippen LogP contribution in [0.4, 0.5) is 10.2 Å². The lowest BCUT2D eigenvalue weighted by Crippen LogP contribution is -2.36. The van der Waals surface area contributed by atoms with Gasteiger partial charge in [-0.3, -0.25) is 4.98 Å². The molecule has 2 aromatic heterocycles. The molecule has 0 unspecified atom stereocenters. The second kappa shape index (κ2) is 6.54. The van der Waals surface area contributed by atoms with Crippen LogP contribution in [0.1, 0.15) is 5.69 Å². The Morgan fingerprint density at radius 3 is 2.72 bits per heavy atom. The molecule has 0 aliphatic carbocycles. The van der Waals surface area contributed by atoms with Crippen molar-refractivity contribution in [2.45, 2.75) is 6.92 Å². The third kappa shape index (κ3) is 3.15. The SMILES string of the molecule is Cc1cnc2cc(N3CCOCC3)nc(-c3ccc(Cl)cc3F)c2n1. The standard InChI is InChI=1S/C18H16ClFN4O/c1-11-10-21-15-9-16(24-4-6-25-7-5-24)23-17(18(15)22-11)13-3-2-12(19)8-14(13)20/h2-3,8-10H,4-7H2,1H3. The zero-order chi connectivity index (χ0) is 17.4. The number of halogens is 2. The predicted octanol–water partition coefficient (Wildman–Crippen LogP) is 3.63. The Hall–Kier alpha value is -2.31. The first-order valence-corrected chi connectivity index (χ1v) is 8.42. The molecule has 1 aliphatic rings. The van der Waals surface area contributed by atoms with Crippen LogP contribution in [0.5, 0.6) is 0 Å². The lowest BCUT2D eigenvalue weighted by molar-refractivity contribution is 0.122. The molecule has 4 rings (SSSR count). The molecule has 0 saturated carbocycles. The Morgan fingerprint density at radius 2 is 1.96 bits per heavy atom. The van der Waals surface area contributed by atoms with Crippen LogP contribution in [0.15, 0.2) is 30.5 Å². The zero-order valence-corrected chi connectivity index (χ0v) is 14.4. The number of nitrogens with zero attached hydrogens (tertiary/aromatic N) is 4. The monoisotopic (exact) mass is 358 g/mol. The quantitative estimate of drug-likeness (QED) is 0.700. The molecule has 0 N–H and O–H groups in total. The summed E-state index contributed by atoms with van der Waals surface area (Å²) in [5.74, 6) is 0.321. The first-order valence-electron chi connectivity index (χ1n) is 8.04. The molecule has 0 spiro atoms. The van der Waals surface area contributed by atoms with Gasteiger partial charge in [0.2, 0.25) is 0 Å². The van der Waals surface area contributed by atoms with Crippen LogP contribution in [-0.2, 0) is 4.74 Å². The maximum absolute atomic E-state index is 14.5. The van der Waals surface area contributed by atoms with Crippen molar-refractivity contribution in [2.24, 2.45) is 0 Å². The van der Waals surface area contributed by atoms with Gasteiger partial charge >= 0.3 is 0 Å². The molecule has 128 valence electrons. The summed E-state index contributed by atoms with van der Waals surface area (Å²) in [6.45, 7) is 4.61. The van der Waals surface area contributed by atoms with Crippen LogP contribution >= 0.6 is 11.6 Å². The average molecular weight is 359 g/mol. The summed E-state index contributed by atoms with van der Waals surface area (Å²) < 4.78 is 19.9. The lowest BCUT2D eigenvalue weighted by atomic mass is 10.1. The number of hydrogen-bond donors (Lipinski definition) is 0. The summed E-state index contributed by atoms with van der Waals surface area (Å²) in [7, 11) is 0. The summed E-state index contributed by atoms with van der Waals surface area (Å²) in [6.07, 6.45) is 1.70. The van der Waals surface area contributed by atoms with E-state index in [4.69, 9.17) is 21.3 Å². The Balaban J connectivity index is 1.94. The number of hydrogen-bond acceptors (Lipinski definition) is 5. The van der Waals surface area contributed by atoms with Crippen LogP contribution < -0.4 is 4.90 Å². The molecular weight excluding hydrogens is 343 g/mol. The zero-order valence-electron chi connectivity index (χ0n) is 13.7. The molecule has 5 nitrogen and oxygen atoms in total. The van der Waals surface area contributed by atoms with Gasteiger partial charge in [-0.1, -0.05) is 11.6 Å². The fraction of sp³-hybridized carbons (Fsp3) is 0.278. The summed E-state index contributed by atoms with van der Waals surface area (Å²) in [5.41, 5.74) is 2.86. The maximum atomic E-state index is 14.5. The van der Waals surface area contributed by atoms with E-state index in [0.717, 1.165) is 24.6 Å². The summed E-state index contributed by atoms with van der Waals surface area (Å²) in [5, 5.41) is 0.345. The summed E-state index contributed by atoms with van der Waals surface area (Å²) in [4.78, 5) is 15.8. The van der Waals surface area contributed by atoms with Gasteiger partial charge in [0.1, 0.15) is 22.8 Å². The Kier molecular flexibility index (Phi) is 4.23. The van der Waals surface area contributed by atoms with E-state index in [9.17, 15) is 4.39 Å². The van der Waals surface area contributed by atoms with Gasteiger partial charge in [-0.15, -0.1) is 0 Å². The van der Waals surface area contributed by atoms with Crippen molar-refractivity contribution in [1.82, 2.24) is 15.0 Å². The second-order valence-corrected chi connectivity index (χ2v) is 6.37. The largest absolute Gasteiger partial charge is 0.378 e. The molecule has 3 heterocycles. The minimum atomic E-state index is -0.427. The summed E-state index contributed by atoms with van der Waals surface area (Å²) >= 11 is 5.89. The van der Waals surface area contributed by atoms with Crippen LogP contribution in [0.25, 0.3) is 22.3 Å². The molecule has 0 amide bonds. The molecule has 0 radical (unpaired) electrons. The van der Waals surface area contributed by atoms with Crippen molar-refractivity contribution >= 4 is 28.5 Å². The van der Waals surface area contributed by atoms with E-state index in [1.807, 2.05) is 13.0 Å². The predicted molar refractivity (Wildman–Crippen MR) is 95.5 cm³/mol. The van der Waals surface area contributed by atoms with Gasteiger partial charge in [-0.05, 0) is 25.1 Å². The molecule has 1 aromatic carbocycles. The third-order valence-electron chi connectivity index (χ3n) is 4.16. The lowest BCUT2D eigenvalue weighted by Gasteiger charge is -2.28. The highest BCUT2D eigenvalue weighted by molar-refractivity contribution is 6.30. The first kappa shape index (κ1) is 16.2. The number of morpholine rings is 1. The summed E-state index contributed by atoms with van der Waals surface area (Å²) in [6, 6.07) is 6.46. The van der Waals surface area contributed by atoms with Gasteiger partial charge in [-0.2, -0.15) is 0 Å². The highest BCUT2D eigenvalue weighted by atomic mass is 35.5. The fourth-order valence-electron chi connectivity index (χ4n) is 2.91. The van der Waals surface area contributed by atoms with Crippen molar-refractivity contribution in [3.8, 4) is 11.3 Å². The molecule has 0 bridgehead atoms. The molecule has 1 fully saturated rings. The fourth-order valence-corrected chi connectivity index (χ4v) is 3.07. The van der Waals surface area contributed by atoms with Gasteiger partial charge in [0.25, 0.3) is 0 Å². The van der Waals surface area contributed by atoms with Crippen molar-refractivity contribution in [3.63, 3.8) is 0 Å². The van der Waals surface area contributed by atoms with E-state index in [2.05, 4.69) is 14.9 Å². The smallest absolute Gasteiger partial charge is 0.134 e. The molecule has 7 heteroatoms. The molecular formula is C18H16ClFN4O. The van der Waals surface area contributed by atoms with E-state index in [1.54, 1.807) is 18.3 Å². The average Bonchev–Trinajstić information content (AvgIpc) is 2.62. The number of aryl methyl sites for hydroxylation is 1. The Bertz CT molecular complexity index is 944. The third-order valence-corrected chi connectivity index (χ3v) is 4.39. The van der Waals surface area contributed by atoms with Crippen LogP contribution in [0, 0.1) is 12.7 Å². The number of pyridine rings is 1. The molecule has 25 heavy (non-hydrogen) atoms.